The molecule has 4 amide bonds. The van der Waals surface area contributed by atoms with Crippen LogP contribution in [0.1, 0.15) is 11.1 Å². The molecule has 0 radical (unpaired) electrons. The number of nitrogens with zero attached hydrogens (tertiary/aromatic N) is 1. The maximum Gasteiger partial charge on any atom is 0.325 e. The normalized spacial score (nSPS) is 20.9. The molecule has 8 heteroatoms. The van der Waals surface area contributed by atoms with Gasteiger partial charge in [0.25, 0.3) is 5.91 Å². The van der Waals surface area contributed by atoms with E-state index in [2.05, 4.69) is 10.6 Å². The van der Waals surface area contributed by atoms with Crippen LogP contribution in [0.5, 0.6) is 11.5 Å². The molecule has 3 aromatic rings. The van der Waals surface area contributed by atoms with Crippen LogP contribution in [0.25, 0.3) is 0 Å². The van der Waals surface area contributed by atoms with Gasteiger partial charge in [-0.1, -0.05) is 72.8 Å². The van der Waals surface area contributed by atoms with Crippen molar-refractivity contribution in [2.45, 2.75) is 18.1 Å². The van der Waals surface area contributed by atoms with Gasteiger partial charge in [0.05, 0.1) is 6.54 Å². The van der Waals surface area contributed by atoms with Gasteiger partial charge in [0, 0.05) is 6.42 Å². The van der Waals surface area contributed by atoms with E-state index in [1.165, 1.54) is 0 Å². The van der Waals surface area contributed by atoms with Gasteiger partial charge in [-0.2, -0.15) is 0 Å². The number of hydrogen-bond donors (Lipinski definition) is 2. The van der Waals surface area contributed by atoms with Gasteiger partial charge in [-0.25, -0.2) is 4.79 Å². The zero-order chi connectivity index (χ0) is 24.3. The molecule has 2 aliphatic rings. The number of benzene rings is 3. The molecule has 35 heavy (non-hydrogen) atoms. The highest BCUT2D eigenvalue weighted by Crippen LogP contribution is 2.33. The number of para-hydroxylation sites is 2. The van der Waals surface area contributed by atoms with Crippen LogP contribution in [-0.4, -0.2) is 48.5 Å². The molecule has 2 heterocycles. The Morgan fingerprint density at radius 2 is 1.60 bits per heavy atom. The second-order valence-corrected chi connectivity index (χ2v) is 8.56. The lowest BCUT2D eigenvalue weighted by Crippen LogP contribution is -2.48. The van der Waals surface area contributed by atoms with E-state index in [9.17, 15) is 14.4 Å². The molecule has 2 aliphatic heterocycles. The highest BCUT2D eigenvalue weighted by atomic mass is 16.6. The summed E-state index contributed by atoms with van der Waals surface area (Å²) >= 11 is 0. The fraction of sp³-hybridized carbons (Fsp3) is 0.222. The Hall–Kier alpha value is -4.33. The van der Waals surface area contributed by atoms with Crippen LogP contribution in [0.3, 0.4) is 0 Å². The summed E-state index contributed by atoms with van der Waals surface area (Å²) < 4.78 is 11.5. The Morgan fingerprint density at radius 3 is 2.34 bits per heavy atom. The van der Waals surface area contributed by atoms with Gasteiger partial charge in [-0.15, -0.1) is 0 Å². The summed E-state index contributed by atoms with van der Waals surface area (Å²) in [5.41, 5.74) is 0.270. The molecule has 1 fully saturated rings. The third-order valence-electron chi connectivity index (χ3n) is 6.15. The summed E-state index contributed by atoms with van der Waals surface area (Å²) in [6.07, 6.45) is -0.105. The molecule has 8 nitrogen and oxygen atoms in total. The highest BCUT2D eigenvalue weighted by Gasteiger charge is 2.52. The Balaban J connectivity index is 1.27. The zero-order valence-corrected chi connectivity index (χ0v) is 19.0. The third kappa shape index (κ3) is 4.55. The van der Waals surface area contributed by atoms with Crippen LogP contribution in [0.15, 0.2) is 84.9 Å². The fourth-order valence-electron chi connectivity index (χ4n) is 4.40. The van der Waals surface area contributed by atoms with Gasteiger partial charge in [0.1, 0.15) is 19.3 Å². The van der Waals surface area contributed by atoms with E-state index in [-0.39, 0.29) is 25.7 Å². The van der Waals surface area contributed by atoms with Crippen molar-refractivity contribution in [3.8, 4) is 11.5 Å². The van der Waals surface area contributed by atoms with E-state index in [0.29, 0.717) is 17.1 Å². The summed E-state index contributed by atoms with van der Waals surface area (Å²) in [5.74, 6) is 0.351. The van der Waals surface area contributed by atoms with Crippen LogP contribution < -0.4 is 20.1 Å². The number of rotatable bonds is 7. The maximum atomic E-state index is 13.6. The number of amides is 4. The molecule has 1 saturated heterocycles. The number of carbonyl (C=O) groups excluding carboxylic acids is 3. The minimum atomic E-state index is -1.29. The van der Waals surface area contributed by atoms with Gasteiger partial charge in [0.15, 0.2) is 17.0 Å². The van der Waals surface area contributed by atoms with Gasteiger partial charge in [0.2, 0.25) is 5.91 Å². The van der Waals surface area contributed by atoms with E-state index in [0.717, 1.165) is 10.5 Å². The molecule has 0 saturated carbocycles. The topological polar surface area (TPSA) is 97.0 Å². The maximum absolute atomic E-state index is 13.6. The molecule has 0 spiro atoms. The molecule has 0 aromatic heterocycles. The molecule has 178 valence electrons. The lowest BCUT2D eigenvalue weighted by Gasteiger charge is -2.28. The van der Waals surface area contributed by atoms with Crippen molar-refractivity contribution >= 4 is 17.8 Å². The number of ether oxygens (including phenoxy) is 2. The van der Waals surface area contributed by atoms with Crippen molar-refractivity contribution in [3.05, 3.63) is 96.1 Å². The molecule has 3 aromatic carbocycles. The predicted octanol–water partition coefficient (Wildman–Crippen LogP) is 2.63. The number of fused-ring (bicyclic) bond motifs is 1. The number of urea groups is 1. The van der Waals surface area contributed by atoms with Crippen molar-refractivity contribution in [3.63, 3.8) is 0 Å². The monoisotopic (exact) mass is 471 g/mol. The van der Waals surface area contributed by atoms with Crippen molar-refractivity contribution in [1.82, 2.24) is 15.5 Å². The highest BCUT2D eigenvalue weighted by molar-refractivity contribution is 6.09. The Kier molecular flexibility index (Phi) is 6.10. The minimum absolute atomic E-state index is 0.185. The van der Waals surface area contributed by atoms with E-state index >= 15 is 0 Å². The Morgan fingerprint density at radius 1 is 0.943 bits per heavy atom. The first-order valence-corrected chi connectivity index (χ1v) is 11.4. The third-order valence-corrected chi connectivity index (χ3v) is 6.15. The summed E-state index contributed by atoms with van der Waals surface area (Å²) in [6.45, 7) is 0.0808. The predicted molar refractivity (Wildman–Crippen MR) is 128 cm³/mol. The van der Waals surface area contributed by atoms with Crippen LogP contribution in [-0.2, 0) is 21.5 Å². The van der Waals surface area contributed by atoms with Crippen molar-refractivity contribution < 1.29 is 23.9 Å². The molecular formula is C27H25N3O5. The lowest BCUT2D eigenvalue weighted by molar-refractivity contribution is -0.135. The van der Waals surface area contributed by atoms with Gasteiger partial charge >= 0.3 is 6.03 Å². The van der Waals surface area contributed by atoms with Crippen LogP contribution in [0.2, 0.25) is 0 Å². The summed E-state index contributed by atoms with van der Waals surface area (Å²) in [4.78, 5) is 40.2. The lowest BCUT2D eigenvalue weighted by atomic mass is 9.83. The molecule has 0 bridgehead atoms. The molecule has 0 aliphatic carbocycles. The Labute approximate surface area is 202 Å². The molecule has 2 N–H and O–H groups in total. The van der Waals surface area contributed by atoms with Gasteiger partial charge in [-0.05, 0) is 23.3 Å². The van der Waals surface area contributed by atoms with Gasteiger partial charge < -0.3 is 20.1 Å². The summed E-state index contributed by atoms with van der Waals surface area (Å²) in [6, 6.07) is 25.3. The van der Waals surface area contributed by atoms with Gasteiger partial charge in [-0.3, -0.25) is 14.5 Å². The quantitative estimate of drug-likeness (QED) is 0.517. The number of nitrogens with one attached hydrogen (secondary N) is 2. The van der Waals surface area contributed by atoms with Crippen LogP contribution >= 0.6 is 0 Å². The largest absolute Gasteiger partial charge is 0.486 e. The van der Waals surface area contributed by atoms with E-state index < -0.39 is 29.9 Å². The van der Waals surface area contributed by atoms with Crippen molar-refractivity contribution in [1.29, 1.82) is 0 Å². The van der Waals surface area contributed by atoms with Crippen LogP contribution in [0.4, 0.5) is 4.79 Å². The van der Waals surface area contributed by atoms with E-state index in [4.69, 9.17) is 9.47 Å². The number of imide groups is 1. The first-order chi connectivity index (χ1) is 17.0. The first-order valence-electron chi connectivity index (χ1n) is 11.4. The molecule has 5 rings (SSSR count). The summed E-state index contributed by atoms with van der Waals surface area (Å²) in [5, 5.41) is 5.62. The average Bonchev–Trinajstić information content (AvgIpc) is 3.13. The van der Waals surface area contributed by atoms with Crippen LogP contribution in [0, 0.1) is 0 Å². The van der Waals surface area contributed by atoms with Crippen molar-refractivity contribution in [2.75, 3.05) is 19.7 Å². The first kappa shape index (κ1) is 22.5. The zero-order valence-electron chi connectivity index (χ0n) is 19.0. The standard InChI is InChI=1S/C27H25N3O5/c31-24(28-16-21-18-34-22-13-7-8-14-23(22)35-21)17-30-25(32)27(29-26(30)33,20-11-5-2-6-12-20)15-19-9-3-1-4-10-19/h1-14,21H,15-18H2,(H,28,31)(H,29,33)/t21-,27-/m1/s1. The SMILES string of the molecule is O=C(CN1C(=O)N[C@](Cc2ccccc2)(c2ccccc2)C1=O)NC[C@@H]1COc2ccccc2O1. The van der Waals surface area contributed by atoms with E-state index in [1.54, 1.807) is 6.07 Å². The molecular weight excluding hydrogens is 446 g/mol. The number of hydrogen-bond acceptors (Lipinski definition) is 5. The second-order valence-electron chi connectivity index (χ2n) is 8.56. The molecule has 2 atom stereocenters. The second kappa shape index (κ2) is 9.50. The molecule has 0 unspecified atom stereocenters. The average molecular weight is 472 g/mol. The summed E-state index contributed by atoms with van der Waals surface area (Å²) in [7, 11) is 0. The van der Waals surface area contributed by atoms with E-state index in [1.807, 2.05) is 78.9 Å². The minimum Gasteiger partial charge on any atom is -0.486 e. The Bertz CT molecular complexity index is 1230. The van der Waals surface area contributed by atoms with Crippen molar-refractivity contribution in [2.24, 2.45) is 0 Å². The fourth-order valence-corrected chi connectivity index (χ4v) is 4.40. The smallest absolute Gasteiger partial charge is 0.325 e. The number of carbonyl (C=O) groups is 3.